The first-order valence-corrected chi connectivity index (χ1v) is 10.6. The molecule has 4 rings (SSSR count). The standard InChI is InChI=1S/C24H22FN3O2S/c1-14-9-10-26-20(12-14)27-22(17-6-4-7-18(25)13-17)21-15(2)16(3)31-24(21)28-23(29)19-8-5-11-30-19/h4-13,22H,1-3H3,(H,26,27)(H,28,29)/t22-/m0/s1. The van der Waals surface area contributed by atoms with Crippen molar-refractivity contribution in [3.63, 3.8) is 0 Å². The number of hydrogen-bond acceptors (Lipinski definition) is 5. The van der Waals surface area contributed by atoms with Crippen molar-refractivity contribution in [1.82, 2.24) is 4.98 Å². The van der Waals surface area contributed by atoms with Crippen LogP contribution < -0.4 is 10.6 Å². The van der Waals surface area contributed by atoms with Gasteiger partial charge in [0.15, 0.2) is 5.76 Å². The molecule has 5 nitrogen and oxygen atoms in total. The van der Waals surface area contributed by atoms with Gasteiger partial charge in [-0.15, -0.1) is 11.3 Å². The van der Waals surface area contributed by atoms with Crippen molar-refractivity contribution >= 4 is 28.1 Å². The maximum absolute atomic E-state index is 14.1. The number of pyridine rings is 1. The molecule has 31 heavy (non-hydrogen) atoms. The SMILES string of the molecule is Cc1ccnc(N[C@@H](c2cccc(F)c2)c2c(NC(=O)c3ccco3)sc(C)c2C)c1. The summed E-state index contributed by atoms with van der Waals surface area (Å²) in [7, 11) is 0. The predicted octanol–water partition coefficient (Wildman–Crippen LogP) is 6.25. The van der Waals surface area contributed by atoms with Crippen LogP contribution in [0.15, 0.2) is 65.4 Å². The first kappa shape index (κ1) is 20.8. The highest BCUT2D eigenvalue weighted by Crippen LogP contribution is 2.41. The molecule has 3 aromatic heterocycles. The summed E-state index contributed by atoms with van der Waals surface area (Å²) >= 11 is 1.48. The Bertz CT molecular complexity index is 1220. The summed E-state index contributed by atoms with van der Waals surface area (Å²) in [6.07, 6.45) is 3.19. The van der Waals surface area contributed by atoms with Gasteiger partial charge >= 0.3 is 0 Å². The number of nitrogens with one attached hydrogen (secondary N) is 2. The predicted molar refractivity (Wildman–Crippen MR) is 121 cm³/mol. The summed E-state index contributed by atoms with van der Waals surface area (Å²) in [5, 5.41) is 7.09. The van der Waals surface area contributed by atoms with E-state index in [9.17, 15) is 9.18 Å². The number of furan rings is 1. The first-order valence-electron chi connectivity index (χ1n) is 9.82. The summed E-state index contributed by atoms with van der Waals surface area (Å²) in [4.78, 5) is 18.2. The maximum Gasteiger partial charge on any atom is 0.291 e. The number of benzene rings is 1. The summed E-state index contributed by atoms with van der Waals surface area (Å²) < 4.78 is 19.4. The minimum Gasteiger partial charge on any atom is -0.459 e. The van der Waals surface area contributed by atoms with E-state index in [4.69, 9.17) is 4.42 Å². The van der Waals surface area contributed by atoms with Crippen LogP contribution >= 0.6 is 11.3 Å². The Morgan fingerprint density at radius 2 is 1.97 bits per heavy atom. The van der Waals surface area contributed by atoms with E-state index in [1.54, 1.807) is 24.4 Å². The smallest absolute Gasteiger partial charge is 0.291 e. The maximum atomic E-state index is 14.1. The molecule has 0 aliphatic heterocycles. The number of thiophene rings is 1. The Morgan fingerprint density at radius 1 is 1.13 bits per heavy atom. The van der Waals surface area contributed by atoms with Crippen molar-refractivity contribution in [2.24, 2.45) is 0 Å². The Hall–Kier alpha value is -3.45. The van der Waals surface area contributed by atoms with Crippen LogP contribution in [-0.2, 0) is 0 Å². The van der Waals surface area contributed by atoms with E-state index in [0.717, 1.165) is 27.1 Å². The van der Waals surface area contributed by atoms with Gasteiger partial charge in [0.05, 0.1) is 12.3 Å². The number of halogens is 1. The molecule has 0 aliphatic rings. The monoisotopic (exact) mass is 435 g/mol. The lowest BCUT2D eigenvalue weighted by atomic mass is 9.96. The number of aryl methyl sites for hydroxylation is 2. The first-order chi connectivity index (χ1) is 14.9. The van der Waals surface area contributed by atoms with Gasteiger partial charge in [0.1, 0.15) is 16.6 Å². The fraction of sp³-hybridized carbons (Fsp3) is 0.167. The lowest BCUT2D eigenvalue weighted by Crippen LogP contribution is -2.18. The number of aromatic nitrogens is 1. The highest BCUT2D eigenvalue weighted by Gasteiger charge is 2.26. The van der Waals surface area contributed by atoms with Gasteiger partial charge in [-0.05, 0) is 73.9 Å². The number of rotatable bonds is 6. The van der Waals surface area contributed by atoms with Crippen molar-refractivity contribution in [3.05, 3.63) is 99.7 Å². The summed E-state index contributed by atoms with van der Waals surface area (Å²) in [6.45, 7) is 5.99. The van der Waals surface area contributed by atoms with E-state index in [0.29, 0.717) is 10.8 Å². The van der Waals surface area contributed by atoms with E-state index in [-0.39, 0.29) is 17.5 Å². The molecule has 158 valence electrons. The Morgan fingerprint density at radius 3 is 2.68 bits per heavy atom. The number of amides is 1. The highest BCUT2D eigenvalue weighted by molar-refractivity contribution is 7.16. The molecule has 1 atom stereocenters. The minimum atomic E-state index is -0.415. The third-order valence-electron chi connectivity index (χ3n) is 5.08. The number of nitrogens with zero attached hydrogens (tertiary/aromatic N) is 1. The Kier molecular flexibility index (Phi) is 5.86. The number of anilines is 2. The van der Waals surface area contributed by atoms with Crippen molar-refractivity contribution in [2.45, 2.75) is 26.8 Å². The van der Waals surface area contributed by atoms with Crippen molar-refractivity contribution in [3.8, 4) is 0 Å². The van der Waals surface area contributed by atoms with E-state index < -0.39 is 6.04 Å². The van der Waals surface area contributed by atoms with Gasteiger partial charge < -0.3 is 15.1 Å². The quantitative estimate of drug-likeness (QED) is 0.375. The van der Waals surface area contributed by atoms with Crippen LogP contribution in [0.25, 0.3) is 0 Å². The number of carbonyl (C=O) groups is 1. The molecule has 0 saturated carbocycles. The molecular weight excluding hydrogens is 413 g/mol. The zero-order chi connectivity index (χ0) is 22.0. The second kappa shape index (κ2) is 8.73. The normalized spacial score (nSPS) is 11.9. The van der Waals surface area contributed by atoms with E-state index in [1.165, 1.54) is 29.7 Å². The van der Waals surface area contributed by atoms with Gasteiger partial charge in [-0.3, -0.25) is 4.79 Å². The molecule has 7 heteroatoms. The van der Waals surface area contributed by atoms with Gasteiger partial charge in [-0.1, -0.05) is 12.1 Å². The molecular formula is C24H22FN3O2S. The van der Waals surface area contributed by atoms with Gasteiger partial charge in [-0.2, -0.15) is 0 Å². The van der Waals surface area contributed by atoms with E-state index >= 15 is 0 Å². The molecule has 3 heterocycles. The fourth-order valence-corrected chi connectivity index (χ4v) is 4.52. The van der Waals surface area contributed by atoms with Crippen LogP contribution in [0.1, 0.15) is 43.7 Å². The summed E-state index contributed by atoms with van der Waals surface area (Å²) in [5.74, 6) is 0.234. The highest BCUT2D eigenvalue weighted by atomic mass is 32.1. The lowest BCUT2D eigenvalue weighted by Gasteiger charge is -2.22. The van der Waals surface area contributed by atoms with Gasteiger partial charge in [0.25, 0.3) is 5.91 Å². The molecule has 2 N–H and O–H groups in total. The summed E-state index contributed by atoms with van der Waals surface area (Å²) in [5.41, 5.74) is 3.68. The van der Waals surface area contributed by atoms with Crippen LogP contribution in [0.3, 0.4) is 0 Å². The molecule has 1 aromatic carbocycles. The Labute approximate surface area is 184 Å². The molecule has 0 bridgehead atoms. The van der Waals surface area contributed by atoms with Gasteiger partial charge in [0, 0.05) is 16.6 Å². The van der Waals surface area contributed by atoms with Crippen LogP contribution in [0.2, 0.25) is 0 Å². The van der Waals surface area contributed by atoms with Crippen LogP contribution in [0, 0.1) is 26.6 Å². The molecule has 4 aromatic rings. The largest absolute Gasteiger partial charge is 0.459 e. The molecule has 0 radical (unpaired) electrons. The van der Waals surface area contributed by atoms with Crippen LogP contribution in [-0.4, -0.2) is 10.9 Å². The second-order valence-electron chi connectivity index (χ2n) is 7.31. The van der Waals surface area contributed by atoms with Crippen molar-refractivity contribution in [2.75, 3.05) is 10.6 Å². The van der Waals surface area contributed by atoms with Crippen molar-refractivity contribution < 1.29 is 13.6 Å². The number of carbonyl (C=O) groups excluding carboxylic acids is 1. The minimum absolute atomic E-state index is 0.227. The summed E-state index contributed by atoms with van der Waals surface area (Å²) in [6, 6.07) is 13.2. The van der Waals surface area contributed by atoms with Gasteiger partial charge in [-0.25, -0.2) is 9.37 Å². The molecule has 1 amide bonds. The third-order valence-corrected chi connectivity index (χ3v) is 6.22. The zero-order valence-corrected chi connectivity index (χ0v) is 18.2. The topological polar surface area (TPSA) is 67.2 Å². The third kappa shape index (κ3) is 4.51. The molecule has 0 spiro atoms. The Balaban J connectivity index is 1.79. The zero-order valence-electron chi connectivity index (χ0n) is 17.4. The fourth-order valence-electron chi connectivity index (χ4n) is 3.43. The van der Waals surface area contributed by atoms with Crippen molar-refractivity contribution in [1.29, 1.82) is 0 Å². The second-order valence-corrected chi connectivity index (χ2v) is 8.53. The average Bonchev–Trinajstić information content (AvgIpc) is 3.36. The molecule has 0 saturated heterocycles. The molecule has 0 fully saturated rings. The molecule has 0 unspecified atom stereocenters. The van der Waals surface area contributed by atoms with Crippen LogP contribution in [0.4, 0.5) is 15.2 Å². The van der Waals surface area contributed by atoms with Gasteiger partial charge in [0.2, 0.25) is 0 Å². The molecule has 0 aliphatic carbocycles. The lowest BCUT2D eigenvalue weighted by molar-refractivity contribution is 0.0997. The van der Waals surface area contributed by atoms with Crippen LogP contribution in [0.5, 0.6) is 0 Å². The average molecular weight is 436 g/mol. The van der Waals surface area contributed by atoms with E-state index in [1.807, 2.05) is 39.0 Å². The van der Waals surface area contributed by atoms with E-state index in [2.05, 4.69) is 15.6 Å². The number of hydrogen-bond donors (Lipinski definition) is 2.